The van der Waals surface area contributed by atoms with Crippen molar-refractivity contribution in [1.82, 2.24) is 34.9 Å². The first-order valence-corrected chi connectivity index (χ1v) is 24.4. The number of amides is 5. The molecule has 2 aromatic heterocycles. The molecule has 0 saturated carbocycles. The Balaban J connectivity index is 0.699. The monoisotopic (exact) mass is 997 g/mol. The molecular formula is C53H59N9O11. The molecule has 8 rings (SSSR count). The molecule has 3 N–H and O–H groups in total. The highest BCUT2D eigenvalue weighted by Crippen LogP contribution is 2.37. The zero-order chi connectivity index (χ0) is 51.3. The third kappa shape index (κ3) is 12.7. The topological polar surface area (TPSA) is 253 Å². The van der Waals surface area contributed by atoms with Gasteiger partial charge in [-0.25, -0.2) is 14.6 Å². The van der Waals surface area contributed by atoms with Gasteiger partial charge in [0, 0.05) is 31.7 Å². The molecule has 0 aliphatic carbocycles. The lowest BCUT2D eigenvalue weighted by atomic mass is 9.85. The van der Waals surface area contributed by atoms with Crippen LogP contribution in [0.5, 0.6) is 17.2 Å². The fourth-order valence-corrected chi connectivity index (χ4v) is 9.08. The van der Waals surface area contributed by atoms with Crippen LogP contribution in [-0.2, 0) is 33.3 Å². The SMILES string of the molecule is CC(C)(C=C(C#N)C(=O)N1CCCC(n2nc(-c3ccc(Oc4ccccc4)cc3)c3c(N)ncnc32)C1)CCCOCCOCCOCCOCCOc1cccc2c1C(=O)N(C1CCC(=O)NC1=O)C2=O. The molecule has 3 aromatic carbocycles. The highest BCUT2D eigenvalue weighted by atomic mass is 16.6. The standard InChI is InChI=1S/C53H59N9O11/c1-53(2,20-8-22-68-23-24-69-25-26-70-27-28-71-29-30-72-42-13-6-12-40-44(42)52(67)61(51(40)66)41-18-19-43(63)58-49(41)64)31-36(32-54)50(65)60-21-7-9-37(33-60)62-48-45(47(55)56-34-57-48)46(59-62)35-14-16-39(17-15-35)73-38-10-4-3-5-11-38/h3-6,10-17,31,34,37,41H,7-9,18-30,33H2,1-2H3,(H2,55,56,57)(H,58,63,64). The van der Waals surface area contributed by atoms with Crippen molar-refractivity contribution in [2.45, 2.75) is 64.5 Å². The number of nitriles is 1. The van der Waals surface area contributed by atoms with E-state index >= 15 is 0 Å². The van der Waals surface area contributed by atoms with Gasteiger partial charge in [-0.05, 0) is 86.1 Å². The van der Waals surface area contributed by atoms with Crippen LogP contribution in [0.25, 0.3) is 22.3 Å². The largest absolute Gasteiger partial charge is 0.490 e. The molecule has 2 atom stereocenters. The number of piperidine rings is 2. The quantitative estimate of drug-likeness (QED) is 0.0319. The van der Waals surface area contributed by atoms with Crippen LogP contribution < -0.4 is 20.5 Å². The Morgan fingerprint density at radius 2 is 1.52 bits per heavy atom. The number of carbonyl (C=O) groups excluding carboxylic acids is 5. The molecule has 5 aromatic rings. The fourth-order valence-electron chi connectivity index (χ4n) is 9.08. The lowest BCUT2D eigenvalue weighted by Gasteiger charge is -2.33. The van der Waals surface area contributed by atoms with E-state index in [9.17, 15) is 29.2 Å². The number of hydrogen-bond acceptors (Lipinski definition) is 16. The van der Waals surface area contributed by atoms with Gasteiger partial charge in [0.2, 0.25) is 11.8 Å². The Morgan fingerprint density at radius 3 is 2.22 bits per heavy atom. The first-order valence-electron chi connectivity index (χ1n) is 24.4. The Kier molecular flexibility index (Phi) is 17.2. The minimum Gasteiger partial charge on any atom is -0.490 e. The Labute approximate surface area is 422 Å². The predicted molar refractivity (Wildman–Crippen MR) is 265 cm³/mol. The van der Waals surface area contributed by atoms with Crippen LogP contribution >= 0.6 is 0 Å². The number of fused-ring (bicyclic) bond motifs is 2. The van der Waals surface area contributed by atoms with Crippen molar-refractivity contribution in [2.75, 3.05) is 78.3 Å². The second-order valence-corrected chi connectivity index (χ2v) is 18.4. The number of benzene rings is 3. The summed E-state index contributed by atoms with van der Waals surface area (Å²) in [7, 11) is 0. The van der Waals surface area contributed by atoms with Crippen LogP contribution in [0.1, 0.15) is 79.1 Å². The van der Waals surface area contributed by atoms with Crippen molar-refractivity contribution in [1.29, 1.82) is 5.26 Å². The van der Waals surface area contributed by atoms with Gasteiger partial charge in [0.1, 0.15) is 59.4 Å². The molecule has 2 unspecified atom stereocenters. The molecule has 3 aliphatic rings. The molecule has 20 nitrogen and oxygen atoms in total. The van der Waals surface area contributed by atoms with Gasteiger partial charge in [-0.15, -0.1) is 0 Å². The van der Waals surface area contributed by atoms with Crippen molar-refractivity contribution < 1.29 is 52.4 Å². The minimum atomic E-state index is -1.06. The van der Waals surface area contributed by atoms with E-state index in [2.05, 4.69) is 21.4 Å². The van der Waals surface area contributed by atoms with Gasteiger partial charge in [-0.3, -0.25) is 34.2 Å². The number of para-hydroxylation sites is 1. The van der Waals surface area contributed by atoms with Crippen LogP contribution in [0.15, 0.2) is 90.8 Å². The number of allylic oxidation sites excluding steroid dienone is 1. The third-order valence-electron chi connectivity index (χ3n) is 12.7. The first kappa shape index (κ1) is 51.8. The molecule has 0 spiro atoms. The number of nitrogen functional groups attached to an aromatic ring is 1. The van der Waals surface area contributed by atoms with Gasteiger partial charge < -0.3 is 39.1 Å². The van der Waals surface area contributed by atoms with Crippen molar-refractivity contribution in [2.24, 2.45) is 5.41 Å². The van der Waals surface area contributed by atoms with Crippen LogP contribution in [0.2, 0.25) is 0 Å². The number of ether oxygens (including phenoxy) is 6. The molecule has 20 heteroatoms. The highest BCUT2D eigenvalue weighted by molar-refractivity contribution is 6.24. The first-order chi connectivity index (χ1) is 35.4. The second-order valence-electron chi connectivity index (χ2n) is 18.4. The van der Waals surface area contributed by atoms with E-state index in [4.69, 9.17) is 39.3 Å². The molecule has 2 fully saturated rings. The second kappa shape index (κ2) is 24.2. The summed E-state index contributed by atoms with van der Waals surface area (Å²) in [6.45, 7) is 7.83. The van der Waals surface area contributed by atoms with Crippen LogP contribution in [0.3, 0.4) is 0 Å². The zero-order valence-corrected chi connectivity index (χ0v) is 41.0. The number of aromatic nitrogens is 4. The molecule has 0 bridgehead atoms. The minimum absolute atomic E-state index is 0.0361. The van der Waals surface area contributed by atoms with E-state index < -0.39 is 35.1 Å². The van der Waals surface area contributed by atoms with Crippen LogP contribution in [0.4, 0.5) is 5.82 Å². The van der Waals surface area contributed by atoms with Crippen LogP contribution in [0, 0.1) is 16.7 Å². The van der Waals surface area contributed by atoms with Gasteiger partial charge in [-0.1, -0.05) is 44.2 Å². The van der Waals surface area contributed by atoms with Crippen molar-refractivity contribution >= 4 is 46.4 Å². The van der Waals surface area contributed by atoms with E-state index in [-0.39, 0.29) is 60.5 Å². The summed E-state index contributed by atoms with van der Waals surface area (Å²) in [5, 5.41) is 18.0. The summed E-state index contributed by atoms with van der Waals surface area (Å²) in [5.74, 6) is -0.744. The average molecular weight is 998 g/mol. The number of likely N-dealkylation sites (tertiary alicyclic amines) is 1. The van der Waals surface area contributed by atoms with Gasteiger partial charge >= 0.3 is 0 Å². The predicted octanol–water partition coefficient (Wildman–Crippen LogP) is 5.83. The highest BCUT2D eigenvalue weighted by Gasteiger charge is 2.46. The van der Waals surface area contributed by atoms with Gasteiger partial charge in [0.05, 0.1) is 68.8 Å². The third-order valence-corrected chi connectivity index (χ3v) is 12.7. The number of nitrogens with zero attached hydrogens (tertiary/aromatic N) is 7. The summed E-state index contributed by atoms with van der Waals surface area (Å²) in [5.41, 5.74) is 8.33. The molecule has 0 radical (unpaired) electrons. The molecule has 3 aliphatic heterocycles. The van der Waals surface area contributed by atoms with Gasteiger partial charge in [-0.2, -0.15) is 10.4 Å². The van der Waals surface area contributed by atoms with E-state index in [0.717, 1.165) is 29.1 Å². The smallest absolute Gasteiger partial charge is 0.266 e. The van der Waals surface area contributed by atoms with Crippen molar-refractivity contribution in [3.05, 3.63) is 102 Å². The summed E-state index contributed by atoms with van der Waals surface area (Å²) in [4.78, 5) is 75.6. The van der Waals surface area contributed by atoms with Crippen molar-refractivity contribution in [3.8, 4) is 34.6 Å². The Morgan fingerprint density at radius 1 is 0.836 bits per heavy atom. The molecule has 5 amide bonds. The van der Waals surface area contributed by atoms with Crippen molar-refractivity contribution in [3.63, 3.8) is 0 Å². The summed E-state index contributed by atoms with van der Waals surface area (Å²) in [6.07, 6.45) is 6.18. The maximum atomic E-state index is 13.9. The number of carbonyl (C=O) groups is 5. The average Bonchev–Trinajstić information content (AvgIpc) is 3.91. The van der Waals surface area contributed by atoms with Crippen LogP contribution in [-0.4, -0.2) is 138 Å². The normalized spacial score (nSPS) is 17.2. The number of nitrogens with two attached hydrogens (primary N) is 1. The zero-order valence-electron chi connectivity index (χ0n) is 41.0. The number of imide groups is 2. The molecular weight excluding hydrogens is 939 g/mol. The van der Waals surface area contributed by atoms with E-state index in [1.807, 2.05) is 73.1 Å². The fraction of sp³-hybridized carbons (Fsp3) is 0.415. The maximum Gasteiger partial charge on any atom is 0.266 e. The summed E-state index contributed by atoms with van der Waals surface area (Å²) in [6, 6.07) is 22.7. The molecule has 73 heavy (non-hydrogen) atoms. The maximum absolute atomic E-state index is 13.9. The Hall–Kier alpha value is -7.57. The lowest BCUT2D eigenvalue weighted by Crippen LogP contribution is -2.54. The summed E-state index contributed by atoms with van der Waals surface area (Å²) < 4.78 is 36.2. The number of hydrogen-bond donors (Lipinski definition) is 2. The molecule has 5 heterocycles. The van der Waals surface area contributed by atoms with E-state index in [1.165, 1.54) is 12.4 Å². The molecule has 382 valence electrons. The van der Waals surface area contributed by atoms with E-state index in [0.29, 0.717) is 100 Å². The summed E-state index contributed by atoms with van der Waals surface area (Å²) >= 11 is 0. The molecule has 2 saturated heterocycles. The number of anilines is 1. The van der Waals surface area contributed by atoms with Gasteiger partial charge in [0.15, 0.2) is 5.65 Å². The Bertz CT molecular complexity index is 2860. The lowest BCUT2D eigenvalue weighted by molar-refractivity contribution is -0.136. The number of nitrogens with one attached hydrogen (secondary N) is 1. The number of rotatable bonds is 24. The van der Waals surface area contributed by atoms with Gasteiger partial charge in [0.25, 0.3) is 17.7 Å². The van der Waals surface area contributed by atoms with E-state index in [1.54, 1.807) is 23.1 Å².